The van der Waals surface area contributed by atoms with E-state index in [4.69, 9.17) is 4.98 Å². The van der Waals surface area contributed by atoms with Crippen LogP contribution >= 0.6 is 0 Å². The first-order valence-corrected chi connectivity index (χ1v) is 17.1. The molecule has 0 bridgehead atoms. The lowest BCUT2D eigenvalue weighted by Gasteiger charge is -2.11. The molecule has 0 N–H and O–H groups in total. The lowest BCUT2D eigenvalue weighted by molar-refractivity contribution is 1.17. The standard InChI is InChI=1S/C46H30N4/c1-29-22-23-42-38(24-29)47-28-45-46(35-18-7-10-21-41(35)50(42)45)30-12-11-15-32(25-30)49-40-20-9-6-17-34(40)37-26-43-36(27-44(37)49)33-16-5-8-19-39(33)48(43)31-13-3-2-4-14-31/h2-28H,1H3. The van der Waals surface area contributed by atoms with E-state index in [1.807, 2.05) is 6.20 Å². The van der Waals surface area contributed by atoms with Gasteiger partial charge in [0.15, 0.2) is 0 Å². The van der Waals surface area contributed by atoms with Gasteiger partial charge in [-0.2, -0.15) is 0 Å². The van der Waals surface area contributed by atoms with Gasteiger partial charge in [0, 0.05) is 43.9 Å². The zero-order valence-corrected chi connectivity index (χ0v) is 27.4. The van der Waals surface area contributed by atoms with E-state index in [1.165, 1.54) is 76.9 Å². The van der Waals surface area contributed by atoms with Crippen LogP contribution in [0.25, 0.3) is 93.6 Å². The van der Waals surface area contributed by atoms with E-state index in [0.29, 0.717) is 0 Å². The van der Waals surface area contributed by atoms with Gasteiger partial charge in [0.2, 0.25) is 0 Å². The van der Waals surface area contributed by atoms with Crippen molar-refractivity contribution < 1.29 is 0 Å². The second-order valence-electron chi connectivity index (χ2n) is 13.3. The summed E-state index contributed by atoms with van der Waals surface area (Å²) in [5, 5.41) is 6.20. The third-order valence-electron chi connectivity index (χ3n) is 10.5. The molecule has 0 atom stereocenters. The molecule has 4 heteroatoms. The highest BCUT2D eigenvalue weighted by atomic mass is 15.0. The van der Waals surface area contributed by atoms with Gasteiger partial charge in [0.25, 0.3) is 0 Å². The molecular weight excluding hydrogens is 609 g/mol. The van der Waals surface area contributed by atoms with Crippen molar-refractivity contribution in [3.8, 4) is 22.5 Å². The number of hydrogen-bond acceptors (Lipinski definition) is 1. The minimum atomic E-state index is 1.00. The van der Waals surface area contributed by atoms with Crippen molar-refractivity contribution in [3.05, 3.63) is 169 Å². The highest BCUT2D eigenvalue weighted by Gasteiger charge is 2.20. The fraction of sp³-hybridized carbons (Fsp3) is 0.0217. The lowest BCUT2D eigenvalue weighted by atomic mass is 10.0. The molecule has 0 amide bonds. The van der Waals surface area contributed by atoms with Gasteiger partial charge in [-0.25, -0.2) is 0 Å². The van der Waals surface area contributed by atoms with Crippen molar-refractivity contribution in [2.24, 2.45) is 0 Å². The molecule has 7 aromatic carbocycles. The summed E-state index contributed by atoms with van der Waals surface area (Å²) < 4.78 is 7.22. The molecule has 0 aliphatic carbocycles. The number of benzene rings is 7. The Labute approximate surface area is 287 Å². The van der Waals surface area contributed by atoms with Crippen LogP contribution in [0.1, 0.15) is 5.56 Å². The number of fused-ring (bicyclic) bond motifs is 11. The van der Waals surface area contributed by atoms with E-state index in [0.717, 1.165) is 22.2 Å². The number of rotatable bonds is 3. The molecule has 0 unspecified atom stereocenters. The van der Waals surface area contributed by atoms with Crippen molar-refractivity contribution in [2.45, 2.75) is 6.92 Å². The van der Waals surface area contributed by atoms with Crippen molar-refractivity contribution in [1.29, 1.82) is 0 Å². The molecule has 0 saturated carbocycles. The maximum atomic E-state index is 4.96. The second kappa shape index (κ2) is 10.2. The smallest absolute Gasteiger partial charge is 0.0873 e. The van der Waals surface area contributed by atoms with Gasteiger partial charge in [0.1, 0.15) is 0 Å². The van der Waals surface area contributed by atoms with Crippen molar-refractivity contribution >= 4 is 71.1 Å². The zero-order chi connectivity index (χ0) is 32.9. The Hall–Kier alpha value is -6.65. The van der Waals surface area contributed by atoms with E-state index < -0.39 is 0 Å². The zero-order valence-electron chi connectivity index (χ0n) is 27.4. The summed E-state index contributed by atoms with van der Waals surface area (Å²) in [5.74, 6) is 0. The SMILES string of the molecule is Cc1ccc2c(c1)ncc1c(-c3cccc(-n4c5ccccc5c5cc6c(cc54)c4ccccc4n6-c4ccccc4)c3)c3ccccc3n12. The molecule has 0 fully saturated rings. The average Bonchev–Trinajstić information content (AvgIpc) is 3.79. The Morgan fingerprint density at radius 3 is 1.72 bits per heavy atom. The first-order valence-electron chi connectivity index (χ1n) is 17.1. The van der Waals surface area contributed by atoms with Crippen LogP contribution < -0.4 is 0 Å². The fourth-order valence-electron chi connectivity index (χ4n) is 8.37. The van der Waals surface area contributed by atoms with Gasteiger partial charge in [-0.05, 0) is 84.8 Å². The molecule has 11 aromatic rings. The van der Waals surface area contributed by atoms with Crippen molar-refractivity contribution in [2.75, 3.05) is 0 Å². The van der Waals surface area contributed by atoms with Crippen LogP contribution in [0, 0.1) is 6.92 Å². The molecule has 11 rings (SSSR count). The Kier molecular flexibility index (Phi) is 5.56. The van der Waals surface area contributed by atoms with Gasteiger partial charge in [0.05, 0.1) is 50.3 Å². The summed E-state index contributed by atoms with van der Waals surface area (Å²) in [6.45, 7) is 2.12. The van der Waals surface area contributed by atoms with Crippen LogP contribution in [-0.4, -0.2) is 18.5 Å². The first-order chi connectivity index (χ1) is 24.7. The predicted octanol–water partition coefficient (Wildman–Crippen LogP) is 11.8. The molecule has 4 nitrogen and oxygen atoms in total. The van der Waals surface area contributed by atoms with Gasteiger partial charge in [-0.1, -0.05) is 91.0 Å². The van der Waals surface area contributed by atoms with Gasteiger partial charge >= 0.3 is 0 Å². The molecule has 0 spiro atoms. The van der Waals surface area contributed by atoms with E-state index in [2.05, 4.69) is 178 Å². The summed E-state index contributed by atoms with van der Waals surface area (Å²) in [4.78, 5) is 4.96. The highest BCUT2D eigenvalue weighted by molar-refractivity contribution is 6.19. The molecule has 50 heavy (non-hydrogen) atoms. The molecule has 4 aromatic heterocycles. The third kappa shape index (κ3) is 3.73. The first kappa shape index (κ1) is 27.3. The third-order valence-corrected chi connectivity index (χ3v) is 10.5. The second-order valence-corrected chi connectivity index (χ2v) is 13.3. The largest absolute Gasteiger partial charge is 0.309 e. The molecule has 0 radical (unpaired) electrons. The Balaban J connectivity index is 1.20. The summed E-state index contributed by atoms with van der Waals surface area (Å²) in [7, 11) is 0. The number of aryl methyl sites for hydroxylation is 1. The number of hydrogen-bond donors (Lipinski definition) is 0. The number of aromatic nitrogens is 4. The summed E-state index contributed by atoms with van der Waals surface area (Å²) in [5.41, 5.74) is 15.1. The van der Waals surface area contributed by atoms with Crippen LogP contribution in [0.15, 0.2) is 164 Å². The van der Waals surface area contributed by atoms with E-state index in [9.17, 15) is 0 Å². The van der Waals surface area contributed by atoms with Gasteiger partial charge in [-0.15, -0.1) is 0 Å². The molecule has 0 aliphatic rings. The summed E-state index contributed by atoms with van der Waals surface area (Å²) >= 11 is 0. The Bertz CT molecular complexity index is 3160. The van der Waals surface area contributed by atoms with E-state index >= 15 is 0 Å². The van der Waals surface area contributed by atoms with Crippen molar-refractivity contribution in [3.63, 3.8) is 0 Å². The van der Waals surface area contributed by atoms with E-state index in [-0.39, 0.29) is 0 Å². The lowest BCUT2D eigenvalue weighted by Crippen LogP contribution is -1.95. The van der Waals surface area contributed by atoms with Crippen LogP contribution in [0.5, 0.6) is 0 Å². The highest BCUT2D eigenvalue weighted by Crippen LogP contribution is 2.41. The number of para-hydroxylation sites is 4. The Morgan fingerprint density at radius 1 is 0.400 bits per heavy atom. The maximum Gasteiger partial charge on any atom is 0.0873 e. The molecule has 234 valence electrons. The van der Waals surface area contributed by atoms with Crippen LogP contribution in [0.2, 0.25) is 0 Å². The number of nitrogens with zero attached hydrogens (tertiary/aromatic N) is 4. The maximum absolute atomic E-state index is 4.96. The molecule has 4 heterocycles. The van der Waals surface area contributed by atoms with Gasteiger partial charge < -0.3 is 13.5 Å². The Morgan fingerprint density at radius 2 is 1.00 bits per heavy atom. The summed E-state index contributed by atoms with van der Waals surface area (Å²) in [6.07, 6.45) is 2.05. The normalized spacial score (nSPS) is 12.1. The van der Waals surface area contributed by atoms with Crippen molar-refractivity contribution in [1.82, 2.24) is 18.5 Å². The van der Waals surface area contributed by atoms with Crippen LogP contribution in [-0.2, 0) is 0 Å². The van der Waals surface area contributed by atoms with Crippen LogP contribution in [0.4, 0.5) is 0 Å². The minimum absolute atomic E-state index is 1.00. The van der Waals surface area contributed by atoms with Crippen LogP contribution in [0.3, 0.4) is 0 Å². The monoisotopic (exact) mass is 638 g/mol. The fourth-order valence-corrected chi connectivity index (χ4v) is 8.37. The molecule has 0 saturated heterocycles. The predicted molar refractivity (Wildman–Crippen MR) is 209 cm³/mol. The molecule has 0 aliphatic heterocycles. The topological polar surface area (TPSA) is 27.2 Å². The van der Waals surface area contributed by atoms with E-state index in [1.54, 1.807) is 0 Å². The minimum Gasteiger partial charge on any atom is -0.309 e. The molecular formula is C46H30N4. The summed E-state index contributed by atoms with van der Waals surface area (Å²) in [6, 6.07) is 57.4. The quantitative estimate of drug-likeness (QED) is 0.189. The van der Waals surface area contributed by atoms with Gasteiger partial charge in [-0.3, -0.25) is 4.98 Å². The average molecular weight is 639 g/mol.